The molecular formula is C16H11N5O4. The van der Waals surface area contributed by atoms with Crippen molar-refractivity contribution >= 4 is 28.7 Å². The van der Waals surface area contributed by atoms with E-state index in [2.05, 4.69) is 20.5 Å². The number of carbonyl (C=O) groups excluding carboxylic acids is 1. The number of hydrazone groups is 1. The van der Waals surface area contributed by atoms with Gasteiger partial charge in [0.25, 0.3) is 11.2 Å². The summed E-state index contributed by atoms with van der Waals surface area (Å²) >= 11 is 0. The summed E-state index contributed by atoms with van der Waals surface area (Å²) in [6.07, 6.45) is 1.25. The van der Waals surface area contributed by atoms with Gasteiger partial charge in [-0.25, -0.2) is 10.4 Å². The number of nitro groups is 1. The molecule has 25 heavy (non-hydrogen) atoms. The lowest BCUT2D eigenvalue weighted by Crippen LogP contribution is -2.24. The Hall–Kier alpha value is -3.88. The zero-order valence-electron chi connectivity index (χ0n) is 12.7. The van der Waals surface area contributed by atoms with E-state index in [9.17, 15) is 19.7 Å². The third-order valence-corrected chi connectivity index (χ3v) is 3.29. The maximum atomic E-state index is 12.0. The Morgan fingerprint density at radius 1 is 1.24 bits per heavy atom. The number of fused-ring (bicyclic) bond motifs is 1. The van der Waals surface area contributed by atoms with Crippen LogP contribution in [0.4, 0.5) is 5.69 Å². The van der Waals surface area contributed by atoms with E-state index in [4.69, 9.17) is 0 Å². The molecule has 0 unspecified atom stereocenters. The minimum absolute atomic E-state index is 0.0872. The zero-order chi connectivity index (χ0) is 17.8. The van der Waals surface area contributed by atoms with Gasteiger partial charge in [0.15, 0.2) is 0 Å². The van der Waals surface area contributed by atoms with E-state index in [-0.39, 0.29) is 11.5 Å². The fraction of sp³-hybridized carbons (Fsp3) is 0. The lowest BCUT2D eigenvalue weighted by molar-refractivity contribution is -0.384. The molecule has 0 aliphatic carbocycles. The molecule has 0 atom stereocenters. The maximum absolute atomic E-state index is 12.0. The summed E-state index contributed by atoms with van der Waals surface area (Å²) in [5.41, 5.74) is 2.52. The molecule has 1 amide bonds. The van der Waals surface area contributed by atoms with E-state index in [1.165, 1.54) is 24.4 Å². The number of non-ortho nitro benzene ring substituents is 1. The molecule has 9 nitrogen and oxygen atoms in total. The summed E-state index contributed by atoms with van der Waals surface area (Å²) in [7, 11) is 0. The second-order valence-electron chi connectivity index (χ2n) is 4.98. The van der Waals surface area contributed by atoms with Gasteiger partial charge in [-0.1, -0.05) is 24.3 Å². The number of carbonyl (C=O) groups is 1. The Morgan fingerprint density at radius 3 is 2.84 bits per heavy atom. The predicted molar refractivity (Wildman–Crippen MR) is 90.5 cm³/mol. The molecule has 1 heterocycles. The van der Waals surface area contributed by atoms with Gasteiger partial charge < -0.3 is 4.98 Å². The average Bonchev–Trinajstić information content (AvgIpc) is 2.62. The molecule has 2 N–H and O–H groups in total. The molecule has 0 spiro atoms. The van der Waals surface area contributed by atoms with Crippen molar-refractivity contribution in [2.45, 2.75) is 0 Å². The topological polar surface area (TPSA) is 130 Å². The van der Waals surface area contributed by atoms with Gasteiger partial charge in [-0.2, -0.15) is 5.10 Å². The highest BCUT2D eigenvalue weighted by atomic mass is 16.6. The number of nitrogens with zero attached hydrogens (tertiary/aromatic N) is 3. The van der Waals surface area contributed by atoms with Gasteiger partial charge in [0.05, 0.1) is 22.0 Å². The van der Waals surface area contributed by atoms with Crippen LogP contribution in [-0.4, -0.2) is 27.0 Å². The lowest BCUT2D eigenvalue weighted by Gasteiger charge is -2.01. The van der Waals surface area contributed by atoms with Crippen molar-refractivity contribution < 1.29 is 9.72 Å². The van der Waals surface area contributed by atoms with Gasteiger partial charge in [0.1, 0.15) is 0 Å². The molecule has 9 heteroatoms. The number of aromatic nitrogens is 2. The van der Waals surface area contributed by atoms with E-state index >= 15 is 0 Å². The molecule has 124 valence electrons. The Kier molecular flexibility index (Phi) is 4.29. The van der Waals surface area contributed by atoms with Gasteiger partial charge in [-0.15, -0.1) is 0 Å². The molecule has 3 aromatic rings. The summed E-state index contributed by atoms with van der Waals surface area (Å²) in [6, 6.07) is 12.4. The summed E-state index contributed by atoms with van der Waals surface area (Å²) in [5, 5.41) is 14.8. The Bertz CT molecular complexity index is 1060. The first-order valence-corrected chi connectivity index (χ1v) is 7.11. The molecule has 0 saturated carbocycles. The average molecular weight is 337 g/mol. The van der Waals surface area contributed by atoms with E-state index in [1.54, 1.807) is 30.3 Å². The van der Waals surface area contributed by atoms with E-state index in [0.29, 0.717) is 16.5 Å². The Balaban J connectivity index is 1.78. The highest BCUT2D eigenvalue weighted by Crippen LogP contribution is 2.11. The minimum Gasteiger partial charge on any atom is -0.302 e. The van der Waals surface area contributed by atoms with Crippen LogP contribution in [0.25, 0.3) is 10.9 Å². The monoisotopic (exact) mass is 337 g/mol. The summed E-state index contributed by atoms with van der Waals surface area (Å²) in [5.74, 6) is -0.885. The van der Waals surface area contributed by atoms with Crippen LogP contribution < -0.4 is 11.0 Å². The zero-order valence-corrected chi connectivity index (χ0v) is 12.7. The largest absolute Gasteiger partial charge is 0.307 e. The molecule has 0 radical (unpaired) electrons. The van der Waals surface area contributed by atoms with Crippen molar-refractivity contribution in [3.05, 3.63) is 80.4 Å². The van der Waals surface area contributed by atoms with E-state index in [0.717, 1.165) is 0 Å². The summed E-state index contributed by atoms with van der Waals surface area (Å²) < 4.78 is 0. The lowest BCUT2D eigenvalue weighted by atomic mass is 10.2. The van der Waals surface area contributed by atoms with Crippen molar-refractivity contribution in [3.63, 3.8) is 0 Å². The van der Waals surface area contributed by atoms with Crippen LogP contribution in [0, 0.1) is 10.1 Å². The van der Waals surface area contributed by atoms with Crippen LogP contribution in [-0.2, 0) is 0 Å². The van der Waals surface area contributed by atoms with Crippen molar-refractivity contribution in [1.29, 1.82) is 0 Å². The van der Waals surface area contributed by atoms with Crippen LogP contribution in [0.5, 0.6) is 0 Å². The molecule has 1 aromatic heterocycles. The third kappa shape index (κ3) is 3.55. The number of hydrogen-bond donors (Lipinski definition) is 2. The molecule has 0 aliphatic heterocycles. The van der Waals surface area contributed by atoms with Gasteiger partial charge in [-0.3, -0.25) is 19.7 Å². The second kappa shape index (κ2) is 6.71. The molecule has 3 rings (SSSR count). The molecule has 0 saturated heterocycles. The van der Waals surface area contributed by atoms with Crippen LogP contribution in [0.3, 0.4) is 0 Å². The molecule has 0 aliphatic rings. The number of nitro benzene ring substituents is 1. The minimum atomic E-state index is -0.704. The summed E-state index contributed by atoms with van der Waals surface area (Å²) in [4.78, 5) is 40.6. The third-order valence-electron chi connectivity index (χ3n) is 3.29. The van der Waals surface area contributed by atoms with Crippen molar-refractivity contribution in [1.82, 2.24) is 15.4 Å². The summed E-state index contributed by atoms with van der Waals surface area (Å²) in [6.45, 7) is 0. The van der Waals surface area contributed by atoms with E-state index < -0.39 is 16.4 Å². The number of rotatable bonds is 4. The molecule has 0 fully saturated rings. The number of aromatic amines is 1. The number of hydrogen-bond acceptors (Lipinski definition) is 6. The van der Waals surface area contributed by atoms with Gasteiger partial charge >= 0.3 is 5.91 Å². The molecular weight excluding hydrogens is 326 g/mol. The Labute approximate surface area is 140 Å². The standard InChI is InChI=1S/C16H11N5O4/c22-15-12-6-1-2-7-13(12)18-14(19-15)16(23)20-17-9-10-4-3-5-11(8-10)21(24)25/h1-9H,(H,20,23)(H,18,19,22). The normalized spacial score (nSPS) is 10.9. The molecule has 2 aromatic carbocycles. The highest BCUT2D eigenvalue weighted by Gasteiger charge is 2.10. The van der Waals surface area contributed by atoms with Gasteiger partial charge in [0.2, 0.25) is 5.82 Å². The maximum Gasteiger partial charge on any atom is 0.307 e. The number of amides is 1. The highest BCUT2D eigenvalue weighted by molar-refractivity contribution is 5.93. The molecule has 0 bridgehead atoms. The van der Waals surface area contributed by atoms with Crippen molar-refractivity contribution in [2.24, 2.45) is 5.10 Å². The van der Waals surface area contributed by atoms with Crippen LogP contribution in [0.1, 0.15) is 16.2 Å². The smallest absolute Gasteiger partial charge is 0.302 e. The number of benzene rings is 2. The number of H-pyrrole nitrogens is 1. The van der Waals surface area contributed by atoms with Crippen molar-refractivity contribution in [3.8, 4) is 0 Å². The second-order valence-corrected chi connectivity index (χ2v) is 4.98. The van der Waals surface area contributed by atoms with E-state index in [1.807, 2.05) is 0 Å². The fourth-order valence-corrected chi connectivity index (χ4v) is 2.13. The first-order chi connectivity index (χ1) is 12.0. The fourth-order valence-electron chi connectivity index (χ4n) is 2.13. The number of para-hydroxylation sites is 1. The van der Waals surface area contributed by atoms with Crippen LogP contribution >= 0.6 is 0 Å². The SMILES string of the molecule is O=C(NN=Cc1cccc([N+](=O)[O-])c1)c1nc2ccccc2c(=O)[nH]1. The van der Waals surface area contributed by atoms with Crippen LogP contribution in [0.2, 0.25) is 0 Å². The number of nitrogens with one attached hydrogen (secondary N) is 2. The van der Waals surface area contributed by atoms with Gasteiger partial charge in [0, 0.05) is 17.7 Å². The Morgan fingerprint density at radius 2 is 2.04 bits per heavy atom. The predicted octanol–water partition coefficient (Wildman–Crippen LogP) is 1.60. The van der Waals surface area contributed by atoms with Crippen LogP contribution in [0.15, 0.2) is 58.4 Å². The first kappa shape index (κ1) is 16.0. The van der Waals surface area contributed by atoms with Crippen molar-refractivity contribution in [2.75, 3.05) is 0 Å². The first-order valence-electron chi connectivity index (χ1n) is 7.11. The quantitative estimate of drug-likeness (QED) is 0.424. The van der Waals surface area contributed by atoms with Gasteiger partial charge in [-0.05, 0) is 12.1 Å².